The highest BCUT2D eigenvalue weighted by molar-refractivity contribution is 5.81. The number of carbonyl (C=O) groups is 1. The fraction of sp³-hybridized carbons (Fsp3) is 0.400. The fourth-order valence-corrected chi connectivity index (χ4v) is 2.41. The molecule has 1 aliphatic rings. The van der Waals surface area contributed by atoms with Crippen molar-refractivity contribution in [2.24, 2.45) is 0 Å². The van der Waals surface area contributed by atoms with Gasteiger partial charge >= 0.3 is 0 Å². The standard InChI is InChI=1S/C15H19FN2O/c1-17-15(19)14-5-3-11-18(14)10-2-4-12-6-8-13(16)9-7-12/h2,4,6-9,14H,3,5,10-11H2,1H3,(H,17,19)/b4-2+. The molecule has 19 heavy (non-hydrogen) atoms. The summed E-state index contributed by atoms with van der Waals surface area (Å²) in [7, 11) is 1.67. The van der Waals surface area contributed by atoms with Crippen LogP contribution in [0.5, 0.6) is 0 Å². The number of hydrogen-bond donors (Lipinski definition) is 1. The predicted octanol–water partition coefficient (Wildman–Crippen LogP) is 2.05. The molecule has 4 heteroatoms. The second-order valence-corrected chi connectivity index (χ2v) is 4.72. The fourth-order valence-electron chi connectivity index (χ4n) is 2.41. The van der Waals surface area contributed by atoms with E-state index >= 15 is 0 Å². The van der Waals surface area contributed by atoms with Crippen LogP contribution in [0.25, 0.3) is 6.08 Å². The monoisotopic (exact) mass is 262 g/mol. The molecule has 0 radical (unpaired) electrons. The summed E-state index contributed by atoms with van der Waals surface area (Å²) in [6.45, 7) is 1.70. The third-order valence-electron chi connectivity index (χ3n) is 3.43. The summed E-state index contributed by atoms with van der Waals surface area (Å²) in [5.74, 6) is -0.135. The van der Waals surface area contributed by atoms with Gasteiger partial charge in [0.05, 0.1) is 6.04 Å². The molecule has 0 aliphatic carbocycles. The third-order valence-corrected chi connectivity index (χ3v) is 3.43. The summed E-state index contributed by atoms with van der Waals surface area (Å²) >= 11 is 0. The summed E-state index contributed by atoms with van der Waals surface area (Å²) in [6, 6.07) is 6.37. The maximum atomic E-state index is 12.8. The van der Waals surface area contributed by atoms with E-state index in [0.717, 1.165) is 31.5 Å². The van der Waals surface area contributed by atoms with E-state index in [1.807, 2.05) is 12.2 Å². The van der Waals surface area contributed by atoms with Gasteiger partial charge in [-0.25, -0.2) is 4.39 Å². The minimum absolute atomic E-state index is 0.0112. The highest BCUT2D eigenvalue weighted by Crippen LogP contribution is 2.17. The average molecular weight is 262 g/mol. The molecule has 2 rings (SSSR count). The van der Waals surface area contributed by atoms with Gasteiger partial charge < -0.3 is 5.32 Å². The number of hydrogen-bond acceptors (Lipinski definition) is 2. The molecular formula is C15H19FN2O. The van der Waals surface area contributed by atoms with Crippen molar-refractivity contribution >= 4 is 12.0 Å². The van der Waals surface area contributed by atoms with Crippen molar-refractivity contribution < 1.29 is 9.18 Å². The zero-order valence-electron chi connectivity index (χ0n) is 11.1. The lowest BCUT2D eigenvalue weighted by Gasteiger charge is -2.21. The molecule has 0 saturated carbocycles. The molecule has 1 aromatic rings. The molecule has 0 bridgehead atoms. The average Bonchev–Trinajstić information content (AvgIpc) is 2.88. The Morgan fingerprint density at radius 2 is 2.21 bits per heavy atom. The summed E-state index contributed by atoms with van der Waals surface area (Å²) in [5.41, 5.74) is 0.970. The molecule has 1 amide bonds. The topological polar surface area (TPSA) is 32.3 Å². The molecule has 1 atom stereocenters. The molecule has 1 fully saturated rings. The lowest BCUT2D eigenvalue weighted by atomic mass is 10.2. The minimum atomic E-state index is -0.226. The lowest BCUT2D eigenvalue weighted by Crippen LogP contribution is -2.41. The Labute approximate surface area is 113 Å². The second-order valence-electron chi connectivity index (χ2n) is 4.72. The minimum Gasteiger partial charge on any atom is -0.358 e. The van der Waals surface area contributed by atoms with Crippen LogP contribution in [-0.2, 0) is 4.79 Å². The molecule has 1 saturated heterocycles. The number of nitrogens with zero attached hydrogens (tertiary/aromatic N) is 1. The maximum absolute atomic E-state index is 12.8. The van der Waals surface area contributed by atoms with Crippen LogP contribution in [-0.4, -0.2) is 37.0 Å². The Morgan fingerprint density at radius 1 is 1.47 bits per heavy atom. The summed E-state index contributed by atoms with van der Waals surface area (Å²) in [5, 5.41) is 2.70. The molecule has 1 N–H and O–H groups in total. The molecular weight excluding hydrogens is 243 g/mol. The first-order valence-corrected chi connectivity index (χ1v) is 6.58. The first-order chi connectivity index (χ1) is 9.20. The van der Waals surface area contributed by atoms with E-state index in [0.29, 0.717) is 0 Å². The van der Waals surface area contributed by atoms with Gasteiger partial charge in [-0.1, -0.05) is 24.3 Å². The van der Waals surface area contributed by atoms with E-state index in [1.165, 1.54) is 12.1 Å². The predicted molar refractivity (Wildman–Crippen MR) is 74.1 cm³/mol. The van der Waals surface area contributed by atoms with Crippen molar-refractivity contribution in [3.8, 4) is 0 Å². The highest BCUT2D eigenvalue weighted by Gasteiger charge is 2.28. The van der Waals surface area contributed by atoms with Crippen LogP contribution < -0.4 is 5.32 Å². The largest absolute Gasteiger partial charge is 0.358 e. The quantitative estimate of drug-likeness (QED) is 0.900. The van der Waals surface area contributed by atoms with Crippen LogP contribution >= 0.6 is 0 Å². The van der Waals surface area contributed by atoms with Crippen LogP contribution in [0.2, 0.25) is 0 Å². The van der Waals surface area contributed by atoms with Gasteiger partial charge in [-0.05, 0) is 37.1 Å². The molecule has 1 heterocycles. The van der Waals surface area contributed by atoms with Crippen LogP contribution in [0.15, 0.2) is 30.3 Å². The molecule has 1 unspecified atom stereocenters. The molecule has 0 spiro atoms. The van der Waals surface area contributed by atoms with Crippen LogP contribution in [0.3, 0.4) is 0 Å². The van der Waals surface area contributed by atoms with E-state index in [1.54, 1.807) is 19.2 Å². The first kappa shape index (κ1) is 13.7. The highest BCUT2D eigenvalue weighted by atomic mass is 19.1. The van der Waals surface area contributed by atoms with E-state index in [-0.39, 0.29) is 17.8 Å². The summed E-state index contributed by atoms with van der Waals surface area (Å²) in [4.78, 5) is 13.8. The first-order valence-electron chi connectivity index (χ1n) is 6.58. The third kappa shape index (κ3) is 3.64. The van der Waals surface area contributed by atoms with Crippen LogP contribution in [0.4, 0.5) is 4.39 Å². The van der Waals surface area contributed by atoms with Crippen LogP contribution in [0.1, 0.15) is 18.4 Å². The second kappa shape index (κ2) is 6.48. The van der Waals surface area contributed by atoms with Gasteiger partial charge in [0.15, 0.2) is 0 Å². The van der Waals surface area contributed by atoms with Crippen molar-refractivity contribution in [1.82, 2.24) is 10.2 Å². The van der Waals surface area contributed by atoms with Gasteiger partial charge in [-0.3, -0.25) is 9.69 Å². The zero-order valence-corrected chi connectivity index (χ0v) is 11.1. The number of carbonyl (C=O) groups excluding carboxylic acids is 1. The van der Waals surface area contributed by atoms with Gasteiger partial charge in [0, 0.05) is 13.6 Å². The Morgan fingerprint density at radius 3 is 2.89 bits per heavy atom. The van der Waals surface area contributed by atoms with Crippen molar-refractivity contribution in [1.29, 1.82) is 0 Å². The summed E-state index contributed by atoms with van der Waals surface area (Å²) in [6.07, 6.45) is 5.96. The van der Waals surface area contributed by atoms with Crippen molar-refractivity contribution in [2.45, 2.75) is 18.9 Å². The van der Waals surface area contributed by atoms with E-state index in [9.17, 15) is 9.18 Å². The Hall–Kier alpha value is -1.68. The van der Waals surface area contributed by atoms with Crippen LogP contribution in [0, 0.1) is 5.82 Å². The van der Waals surface area contributed by atoms with Gasteiger partial charge in [0.1, 0.15) is 5.82 Å². The van der Waals surface area contributed by atoms with Gasteiger partial charge in [0.25, 0.3) is 0 Å². The molecule has 0 aromatic heterocycles. The Bertz CT molecular complexity index is 456. The molecule has 3 nitrogen and oxygen atoms in total. The smallest absolute Gasteiger partial charge is 0.237 e. The molecule has 1 aromatic carbocycles. The van der Waals surface area contributed by atoms with E-state index in [2.05, 4.69) is 10.2 Å². The number of rotatable bonds is 4. The number of nitrogens with one attached hydrogen (secondary N) is 1. The van der Waals surface area contributed by atoms with Gasteiger partial charge in [0.2, 0.25) is 5.91 Å². The number of benzene rings is 1. The number of likely N-dealkylation sites (tertiary alicyclic amines) is 1. The summed E-state index contributed by atoms with van der Waals surface area (Å²) < 4.78 is 12.8. The van der Waals surface area contributed by atoms with Gasteiger partial charge in [-0.15, -0.1) is 0 Å². The molecule has 102 valence electrons. The SMILES string of the molecule is CNC(=O)C1CCCN1C/C=C/c1ccc(F)cc1. The van der Waals surface area contributed by atoms with Gasteiger partial charge in [-0.2, -0.15) is 0 Å². The van der Waals surface area contributed by atoms with E-state index < -0.39 is 0 Å². The Kier molecular flexibility index (Phi) is 4.68. The number of likely N-dealkylation sites (N-methyl/N-ethyl adjacent to an activating group) is 1. The van der Waals surface area contributed by atoms with Crippen molar-refractivity contribution in [2.75, 3.05) is 20.1 Å². The van der Waals surface area contributed by atoms with Crippen molar-refractivity contribution in [3.05, 3.63) is 41.7 Å². The maximum Gasteiger partial charge on any atom is 0.237 e. The number of amides is 1. The normalized spacial score (nSPS) is 20.0. The lowest BCUT2D eigenvalue weighted by molar-refractivity contribution is -0.124. The van der Waals surface area contributed by atoms with Crippen molar-refractivity contribution in [3.63, 3.8) is 0 Å². The zero-order chi connectivity index (χ0) is 13.7. The number of halogens is 1. The van der Waals surface area contributed by atoms with E-state index in [4.69, 9.17) is 0 Å². The molecule has 1 aliphatic heterocycles. The Balaban J connectivity index is 1.90.